The van der Waals surface area contributed by atoms with Crippen molar-refractivity contribution in [1.29, 1.82) is 0 Å². The summed E-state index contributed by atoms with van der Waals surface area (Å²) in [5.74, 6) is 2.93. The first-order chi connectivity index (χ1) is 13.1. The molecule has 2 aromatic rings. The standard InChI is InChI=1S/C21H33N5O.HI/c1-5-22-21(25(4)16-18-9-8-12-24(18)3)23-15-19(26-13-6-7-14-26)20-11-10-17(2)27-20;/h8-12,19H,5-7,13-16H2,1-4H3,(H,22,23);1H. The monoisotopic (exact) mass is 499 g/mol. The van der Waals surface area contributed by atoms with Crippen molar-refractivity contribution in [2.75, 3.05) is 33.2 Å². The highest BCUT2D eigenvalue weighted by atomic mass is 127. The molecule has 2 aromatic heterocycles. The van der Waals surface area contributed by atoms with Gasteiger partial charge in [0.1, 0.15) is 11.5 Å². The molecule has 0 bridgehead atoms. The molecular formula is C21H34IN5O. The van der Waals surface area contributed by atoms with Gasteiger partial charge in [-0.2, -0.15) is 0 Å². The van der Waals surface area contributed by atoms with Gasteiger partial charge in [0.15, 0.2) is 5.96 Å². The first-order valence-corrected chi connectivity index (χ1v) is 9.98. The van der Waals surface area contributed by atoms with E-state index < -0.39 is 0 Å². The molecule has 0 aliphatic carbocycles. The Balaban J connectivity index is 0.00000280. The summed E-state index contributed by atoms with van der Waals surface area (Å²) in [5, 5.41) is 3.43. The second-order valence-corrected chi connectivity index (χ2v) is 7.37. The number of hydrogen-bond acceptors (Lipinski definition) is 3. The van der Waals surface area contributed by atoms with E-state index in [2.05, 4.69) is 71.2 Å². The highest BCUT2D eigenvalue weighted by molar-refractivity contribution is 14.0. The maximum absolute atomic E-state index is 5.96. The van der Waals surface area contributed by atoms with E-state index >= 15 is 0 Å². The van der Waals surface area contributed by atoms with Crippen LogP contribution in [0.25, 0.3) is 0 Å². The number of rotatable bonds is 7. The molecule has 1 N–H and O–H groups in total. The van der Waals surface area contributed by atoms with Crippen molar-refractivity contribution in [3.63, 3.8) is 0 Å². The van der Waals surface area contributed by atoms with E-state index in [1.54, 1.807) is 0 Å². The minimum absolute atomic E-state index is 0. The number of halogens is 1. The summed E-state index contributed by atoms with van der Waals surface area (Å²) in [4.78, 5) is 9.66. The van der Waals surface area contributed by atoms with Gasteiger partial charge in [-0.15, -0.1) is 24.0 Å². The van der Waals surface area contributed by atoms with Gasteiger partial charge < -0.3 is 19.2 Å². The molecule has 3 rings (SSSR count). The third-order valence-electron chi connectivity index (χ3n) is 5.23. The fraction of sp³-hybridized carbons (Fsp3) is 0.571. The number of guanidine groups is 1. The number of aryl methyl sites for hydroxylation is 2. The fourth-order valence-corrected chi connectivity index (χ4v) is 3.69. The predicted molar refractivity (Wildman–Crippen MR) is 125 cm³/mol. The molecule has 6 nitrogen and oxygen atoms in total. The zero-order chi connectivity index (χ0) is 19.2. The van der Waals surface area contributed by atoms with Crippen molar-refractivity contribution in [2.24, 2.45) is 12.0 Å². The van der Waals surface area contributed by atoms with Gasteiger partial charge in [-0.25, -0.2) is 0 Å². The van der Waals surface area contributed by atoms with Gasteiger partial charge >= 0.3 is 0 Å². The lowest BCUT2D eigenvalue weighted by molar-refractivity contribution is 0.218. The van der Waals surface area contributed by atoms with Crippen molar-refractivity contribution in [3.05, 3.63) is 47.7 Å². The second kappa shape index (κ2) is 10.9. The minimum atomic E-state index is 0. The molecule has 1 saturated heterocycles. The Labute approximate surface area is 186 Å². The van der Waals surface area contributed by atoms with Gasteiger partial charge in [-0.3, -0.25) is 9.89 Å². The summed E-state index contributed by atoms with van der Waals surface area (Å²) in [6, 6.07) is 8.59. The van der Waals surface area contributed by atoms with Crippen LogP contribution in [0.4, 0.5) is 0 Å². The van der Waals surface area contributed by atoms with E-state index in [9.17, 15) is 0 Å². The SMILES string of the molecule is CCNC(=NCC(c1ccc(C)o1)N1CCCC1)N(C)Cc1cccn1C.I. The summed E-state index contributed by atoms with van der Waals surface area (Å²) in [7, 11) is 4.17. The fourth-order valence-electron chi connectivity index (χ4n) is 3.69. The topological polar surface area (TPSA) is 48.9 Å². The Morgan fingerprint density at radius 2 is 2.04 bits per heavy atom. The molecule has 0 amide bonds. The molecule has 1 aliphatic heterocycles. The van der Waals surface area contributed by atoms with Gasteiger partial charge in [-0.05, 0) is 64.0 Å². The third-order valence-corrected chi connectivity index (χ3v) is 5.23. The molecule has 28 heavy (non-hydrogen) atoms. The zero-order valence-electron chi connectivity index (χ0n) is 17.5. The van der Waals surface area contributed by atoms with E-state index in [0.29, 0.717) is 6.54 Å². The van der Waals surface area contributed by atoms with Crippen LogP contribution in [-0.2, 0) is 13.6 Å². The molecule has 0 radical (unpaired) electrons. The van der Waals surface area contributed by atoms with Crippen molar-refractivity contribution >= 4 is 29.9 Å². The quantitative estimate of drug-likeness (QED) is 0.358. The lowest BCUT2D eigenvalue weighted by atomic mass is 10.2. The number of furan rings is 1. The Morgan fingerprint density at radius 1 is 1.29 bits per heavy atom. The molecule has 0 spiro atoms. The van der Waals surface area contributed by atoms with Crippen molar-refractivity contribution in [1.82, 2.24) is 19.7 Å². The van der Waals surface area contributed by atoms with Crippen molar-refractivity contribution in [2.45, 2.75) is 39.3 Å². The van der Waals surface area contributed by atoms with Crippen LogP contribution in [0.15, 0.2) is 39.9 Å². The maximum Gasteiger partial charge on any atom is 0.194 e. The summed E-state index contributed by atoms with van der Waals surface area (Å²) in [6.45, 7) is 8.73. The lowest BCUT2D eigenvalue weighted by Crippen LogP contribution is -2.39. The summed E-state index contributed by atoms with van der Waals surface area (Å²) < 4.78 is 8.12. The predicted octanol–water partition coefficient (Wildman–Crippen LogP) is 3.78. The van der Waals surface area contributed by atoms with E-state index in [0.717, 1.165) is 43.7 Å². The number of nitrogens with one attached hydrogen (secondary N) is 1. The van der Waals surface area contributed by atoms with E-state index in [1.807, 2.05) is 6.92 Å². The zero-order valence-corrected chi connectivity index (χ0v) is 19.8. The van der Waals surface area contributed by atoms with Gasteiger partial charge in [-0.1, -0.05) is 0 Å². The summed E-state index contributed by atoms with van der Waals surface area (Å²) in [6.07, 6.45) is 4.59. The molecule has 0 aromatic carbocycles. The Kier molecular flexibility index (Phi) is 8.88. The molecule has 1 aliphatic rings. The van der Waals surface area contributed by atoms with Gasteiger partial charge in [0.2, 0.25) is 0 Å². The van der Waals surface area contributed by atoms with Crippen LogP contribution in [0.3, 0.4) is 0 Å². The number of aromatic nitrogens is 1. The van der Waals surface area contributed by atoms with Crippen LogP contribution in [0, 0.1) is 6.92 Å². The molecule has 7 heteroatoms. The largest absolute Gasteiger partial charge is 0.465 e. The van der Waals surface area contributed by atoms with Crippen LogP contribution < -0.4 is 5.32 Å². The highest BCUT2D eigenvalue weighted by Gasteiger charge is 2.26. The Bertz CT molecular complexity index is 748. The molecule has 0 saturated carbocycles. The van der Waals surface area contributed by atoms with Crippen LogP contribution in [0.5, 0.6) is 0 Å². The van der Waals surface area contributed by atoms with E-state index in [-0.39, 0.29) is 30.0 Å². The third kappa shape index (κ3) is 5.76. The highest BCUT2D eigenvalue weighted by Crippen LogP contribution is 2.27. The molecular weight excluding hydrogens is 465 g/mol. The average molecular weight is 499 g/mol. The number of aliphatic imine (C=N–C) groups is 1. The lowest BCUT2D eigenvalue weighted by Gasteiger charge is -2.26. The molecule has 3 heterocycles. The van der Waals surface area contributed by atoms with Crippen molar-refractivity contribution < 1.29 is 4.42 Å². The second-order valence-electron chi connectivity index (χ2n) is 7.37. The average Bonchev–Trinajstić information content (AvgIpc) is 3.39. The van der Waals surface area contributed by atoms with E-state index in [4.69, 9.17) is 9.41 Å². The molecule has 1 atom stereocenters. The number of nitrogens with zero attached hydrogens (tertiary/aromatic N) is 4. The molecule has 156 valence electrons. The first kappa shape index (κ1) is 22.8. The minimum Gasteiger partial charge on any atom is -0.465 e. The first-order valence-electron chi connectivity index (χ1n) is 9.98. The van der Waals surface area contributed by atoms with Gasteiger partial charge in [0.25, 0.3) is 0 Å². The summed E-state index contributed by atoms with van der Waals surface area (Å²) >= 11 is 0. The van der Waals surface area contributed by atoms with Gasteiger partial charge in [0, 0.05) is 32.5 Å². The number of hydrogen-bond donors (Lipinski definition) is 1. The Morgan fingerprint density at radius 3 is 2.61 bits per heavy atom. The van der Waals surface area contributed by atoms with Crippen LogP contribution in [0.2, 0.25) is 0 Å². The van der Waals surface area contributed by atoms with Gasteiger partial charge in [0.05, 0.1) is 19.1 Å². The van der Waals surface area contributed by atoms with Crippen LogP contribution in [-0.4, -0.2) is 53.6 Å². The van der Waals surface area contributed by atoms with Crippen LogP contribution in [0.1, 0.15) is 43.0 Å². The molecule has 1 fully saturated rings. The van der Waals surface area contributed by atoms with Crippen molar-refractivity contribution in [3.8, 4) is 0 Å². The Hall–Kier alpha value is -1.48. The normalized spacial score (nSPS) is 16.1. The van der Waals surface area contributed by atoms with E-state index in [1.165, 1.54) is 18.5 Å². The number of likely N-dealkylation sites (tertiary alicyclic amines) is 1. The maximum atomic E-state index is 5.96. The smallest absolute Gasteiger partial charge is 0.194 e. The molecule has 1 unspecified atom stereocenters. The van der Waals surface area contributed by atoms with Crippen LogP contribution >= 0.6 is 24.0 Å². The summed E-state index contributed by atoms with van der Waals surface area (Å²) in [5.41, 5.74) is 1.26.